The van der Waals surface area contributed by atoms with Crippen LogP contribution in [-0.2, 0) is 10.0 Å². The topological polar surface area (TPSA) is 92.4 Å². The zero-order chi connectivity index (χ0) is 15.2. The van der Waals surface area contributed by atoms with Gasteiger partial charge in [0, 0.05) is 24.6 Å². The van der Waals surface area contributed by atoms with Crippen LogP contribution < -0.4 is 10.5 Å². The zero-order valence-electron chi connectivity index (χ0n) is 11.2. The Morgan fingerprint density at radius 3 is 2.75 bits per heavy atom. The van der Waals surface area contributed by atoms with Crippen LogP contribution in [0.15, 0.2) is 17.0 Å². The Kier molecular flexibility index (Phi) is 6.74. The molecule has 0 aliphatic carbocycles. The van der Waals surface area contributed by atoms with Crippen molar-refractivity contribution in [2.24, 2.45) is 0 Å². The van der Waals surface area contributed by atoms with Crippen molar-refractivity contribution in [1.82, 2.24) is 4.72 Å². The number of nitrogen functional groups attached to an aromatic ring is 1. The van der Waals surface area contributed by atoms with E-state index in [-0.39, 0.29) is 24.4 Å². The molecular formula is C12H19FN2O3S2. The summed E-state index contributed by atoms with van der Waals surface area (Å²) >= 11 is 1.52. The Labute approximate surface area is 122 Å². The van der Waals surface area contributed by atoms with Crippen LogP contribution in [0.2, 0.25) is 0 Å². The van der Waals surface area contributed by atoms with Gasteiger partial charge in [0.2, 0.25) is 10.0 Å². The molecule has 1 aromatic carbocycles. The quantitative estimate of drug-likeness (QED) is 0.492. The minimum absolute atomic E-state index is 0.118. The van der Waals surface area contributed by atoms with Gasteiger partial charge in [-0.25, -0.2) is 17.5 Å². The number of hydrogen-bond acceptors (Lipinski definition) is 5. The fourth-order valence-electron chi connectivity index (χ4n) is 1.55. The number of thioether (sulfide) groups is 1. The van der Waals surface area contributed by atoms with Crippen LogP contribution >= 0.6 is 11.8 Å². The number of aliphatic hydroxyl groups is 1. The van der Waals surface area contributed by atoms with Crippen LogP contribution in [0.5, 0.6) is 0 Å². The van der Waals surface area contributed by atoms with Crippen LogP contribution in [0, 0.1) is 12.7 Å². The molecule has 20 heavy (non-hydrogen) atoms. The highest BCUT2D eigenvalue weighted by Crippen LogP contribution is 2.21. The Bertz CT molecular complexity index is 550. The molecule has 0 unspecified atom stereocenters. The average molecular weight is 322 g/mol. The third-order valence-electron chi connectivity index (χ3n) is 2.52. The maximum absolute atomic E-state index is 13.8. The highest BCUT2D eigenvalue weighted by atomic mass is 32.2. The van der Waals surface area contributed by atoms with Crippen LogP contribution in [-0.4, -0.2) is 38.2 Å². The van der Waals surface area contributed by atoms with Crippen LogP contribution in [0.3, 0.4) is 0 Å². The van der Waals surface area contributed by atoms with Gasteiger partial charge in [-0.15, -0.1) is 0 Å². The highest BCUT2D eigenvalue weighted by Gasteiger charge is 2.20. The molecule has 0 amide bonds. The SMILES string of the molecule is Cc1cc(N)cc(S(=O)(=O)NCCSCCCO)c1F. The van der Waals surface area contributed by atoms with Gasteiger partial charge in [0.15, 0.2) is 0 Å². The predicted octanol–water partition coefficient (Wildman–Crippen LogP) is 1.11. The fraction of sp³-hybridized carbons (Fsp3) is 0.500. The number of aliphatic hydroxyl groups excluding tert-OH is 1. The van der Waals surface area contributed by atoms with Crippen molar-refractivity contribution in [3.05, 3.63) is 23.5 Å². The van der Waals surface area contributed by atoms with Gasteiger partial charge in [-0.3, -0.25) is 0 Å². The number of rotatable bonds is 8. The van der Waals surface area contributed by atoms with Crippen molar-refractivity contribution in [1.29, 1.82) is 0 Å². The second-order valence-corrected chi connectivity index (χ2v) is 7.20. The van der Waals surface area contributed by atoms with E-state index in [1.54, 1.807) is 0 Å². The summed E-state index contributed by atoms with van der Waals surface area (Å²) in [6.07, 6.45) is 0.667. The summed E-state index contributed by atoms with van der Waals surface area (Å²) in [6, 6.07) is 2.50. The van der Waals surface area contributed by atoms with Gasteiger partial charge >= 0.3 is 0 Å². The first kappa shape index (κ1) is 17.2. The first-order valence-electron chi connectivity index (χ1n) is 6.12. The molecule has 8 heteroatoms. The fourth-order valence-corrected chi connectivity index (χ4v) is 3.68. The Morgan fingerprint density at radius 1 is 1.40 bits per heavy atom. The standard InChI is InChI=1S/C12H19FN2O3S2/c1-9-7-10(14)8-11(12(9)13)20(17,18)15-3-6-19-5-2-4-16/h7-8,15-16H,2-6,14H2,1H3. The molecule has 0 aliphatic rings. The van der Waals surface area contributed by atoms with Crippen molar-refractivity contribution in [3.8, 4) is 0 Å². The molecule has 0 saturated carbocycles. The van der Waals surface area contributed by atoms with Gasteiger partial charge < -0.3 is 10.8 Å². The minimum atomic E-state index is -3.90. The largest absolute Gasteiger partial charge is 0.399 e. The lowest BCUT2D eigenvalue weighted by atomic mass is 10.2. The smallest absolute Gasteiger partial charge is 0.243 e. The Balaban J connectivity index is 2.65. The summed E-state index contributed by atoms with van der Waals surface area (Å²) in [6.45, 7) is 1.79. The van der Waals surface area contributed by atoms with Gasteiger partial charge in [0.25, 0.3) is 0 Å². The van der Waals surface area contributed by atoms with E-state index in [0.717, 1.165) is 11.8 Å². The van der Waals surface area contributed by atoms with Crippen LogP contribution in [0.1, 0.15) is 12.0 Å². The number of nitrogens with two attached hydrogens (primary N) is 1. The van der Waals surface area contributed by atoms with Crippen molar-refractivity contribution in [3.63, 3.8) is 0 Å². The predicted molar refractivity (Wildman–Crippen MR) is 79.8 cm³/mol. The molecule has 0 saturated heterocycles. The summed E-state index contributed by atoms with van der Waals surface area (Å²) in [7, 11) is -3.90. The molecule has 1 aromatic rings. The van der Waals surface area contributed by atoms with Crippen molar-refractivity contribution in [2.75, 3.05) is 30.4 Å². The van der Waals surface area contributed by atoms with E-state index in [2.05, 4.69) is 4.72 Å². The third-order valence-corrected chi connectivity index (χ3v) is 5.05. The highest BCUT2D eigenvalue weighted by molar-refractivity contribution is 7.99. The third kappa shape index (κ3) is 4.93. The van der Waals surface area contributed by atoms with E-state index in [0.29, 0.717) is 12.2 Å². The maximum atomic E-state index is 13.8. The number of nitrogens with one attached hydrogen (secondary N) is 1. The van der Waals surface area contributed by atoms with Crippen molar-refractivity contribution >= 4 is 27.5 Å². The minimum Gasteiger partial charge on any atom is -0.399 e. The molecule has 0 spiro atoms. The van der Waals surface area contributed by atoms with Crippen LogP contribution in [0.4, 0.5) is 10.1 Å². The number of benzene rings is 1. The van der Waals surface area contributed by atoms with E-state index >= 15 is 0 Å². The maximum Gasteiger partial charge on any atom is 0.243 e. The van der Waals surface area contributed by atoms with E-state index in [1.165, 1.54) is 24.8 Å². The van der Waals surface area contributed by atoms with Gasteiger partial charge in [0.1, 0.15) is 10.7 Å². The summed E-state index contributed by atoms with van der Waals surface area (Å²) in [5, 5.41) is 8.60. The van der Waals surface area contributed by atoms with Gasteiger partial charge in [0.05, 0.1) is 0 Å². The lowest BCUT2D eigenvalue weighted by Gasteiger charge is -2.10. The normalized spacial score (nSPS) is 11.8. The molecule has 4 N–H and O–H groups in total. The molecular weight excluding hydrogens is 303 g/mol. The molecule has 0 heterocycles. The zero-order valence-corrected chi connectivity index (χ0v) is 12.9. The summed E-state index contributed by atoms with van der Waals surface area (Å²) in [4.78, 5) is -0.421. The molecule has 114 valence electrons. The second-order valence-electron chi connectivity index (χ2n) is 4.24. The van der Waals surface area contributed by atoms with E-state index in [4.69, 9.17) is 10.8 Å². The first-order valence-corrected chi connectivity index (χ1v) is 8.76. The molecule has 5 nitrogen and oxygen atoms in total. The molecule has 0 fully saturated rings. The van der Waals surface area contributed by atoms with Crippen LogP contribution in [0.25, 0.3) is 0 Å². The monoisotopic (exact) mass is 322 g/mol. The summed E-state index contributed by atoms with van der Waals surface area (Å²) in [5.74, 6) is 0.534. The second kappa shape index (κ2) is 7.82. The van der Waals surface area contributed by atoms with Gasteiger partial charge in [-0.1, -0.05) is 0 Å². The molecule has 0 radical (unpaired) electrons. The molecule has 0 bridgehead atoms. The molecule has 1 rings (SSSR count). The van der Waals surface area contributed by atoms with Crippen molar-refractivity contribution in [2.45, 2.75) is 18.2 Å². The van der Waals surface area contributed by atoms with Gasteiger partial charge in [-0.2, -0.15) is 11.8 Å². The van der Waals surface area contributed by atoms with E-state index < -0.39 is 20.7 Å². The number of anilines is 1. The van der Waals surface area contributed by atoms with Gasteiger partial charge in [-0.05, 0) is 36.8 Å². The number of halogens is 1. The lowest BCUT2D eigenvalue weighted by molar-refractivity contribution is 0.296. The summed E-state index contributed by atoms with van der Waals surface area (Å²) in [5.41, 5.74) is 5.95. The number of sulfonamides is 1. The Hall–Kier alpha value is -0.830. The Morgan fingerprint density at radius 2 is 2.10 bits per heavy atom. The first-order chi connectivity index (χ1) is 9.38. The lowest BCUT2D eigenvalue weighted by Crippen LogP contribution is -2.27. The molecule has 0 aliphatic heterocycles. The van der Waals surface area contributed by atoms with Crippen molar-refractivity contribution < 1.29 is 17.9 Å². The average Bonchev–Trinajstić information content (AvgIpc) is 2.37. The van der Waals surface area contributed by atoms with E-state index in [1.807, 2.05) is 0 Å². The van der Waals surface area contributed by atoms with E-state index in [9.17, 15) is 12.8 Å². The molecule has 0 aromatic heterocycles. The summed E-state index contributed by atoms with van der Waals surface area (Å²) < 4.78 is 40.2. The molecule has 0 atom stereocenters. The number of hydrogen-bond donors (Lipinski definition) is 3. The number of aryl methyl sites for hydroxylation is 1.